The van der Waals surface area contributed by atoms with Gasteiger partial charge in [0.15, 0.2) is 5.69 Å². The minimum atomic E-state index is -0.230. The van der Waals surface area contributed by atoms with Crippen LogP contribution in [-0.4, -0.2) is 34.6 Å². The fourth-order valence-corrected chi connectivity index (χ4v) is 2.17. The largest absolute Gasteiger partial charge is 0.396 e. The molecule has 6 nitrogen and oxygen atoms in total. The molecule has 1 fully saturated rings. The predicted octanol–water partition coefficient (Wildman–Crippen LogP) is 1.48. The van der Waals surface area contributed by atoms with Gasteiger partial charge in [-0.25, -0.2) is 9.97 Å². The van der Waals surface area contributed by atoms with Gasteiger partial charge in [0.1, 0.15) is 5.82 Å². The Morgan fingerprint density at radius 1 is 1.55 bits per heavy atom. The maximum Gasteiger partial charge on any atom is 0.272 e. The SMILES string of the molecule is CCOC1CC(NC(=O)c2nc(C(C)C)ncc2N)C1. The van der Waals surface area contributed by atoms with E-state index in [1.165, 1.54) is 6.20 Å². The van der Waals surface area contributed by atoms with Crippen molar-refractivity contribution in [2.45, 2.75) is 51.7 Å². The van der Waals surface area contributed by atoms with Crippen molar-refractivity contribution in [2.24, 2.45) is 0 Å². The quantitative estimate of drug-likeness (QED) is 0.851. The average Bonchev–Trinajstić information content (AvgIpc) is 2.36. The number of hydrogen-bond donors (Lipinski definition) is 2. The van der Waals surface area contributed by atoms with Gasteiger partial charge in [-0.1, -0.05) is 13.8 Å². The third-order valence-electron chi connectivity index (χ3n) is 3.40. The highest BCUT2D eigenvalue weighted by Crippen LogP contribution is 2.24. The van der Waals surface area contributed by atoms with Gasteiger partial charge in [-0.2, -0.15) is 0 Å². The van der Waals surface area contributed by atoms with Gasteiger partial charge in [0.05, 0.1) is 18.0 Å². The number of carbonyl (C=O) groups is 1. The lowest BCUT2D eigenvalue weighted by molar-refractivity contribution is -0.00866. The summed E-state index contributed by atoms with van der Waals surface area (Å²) in [5, 5.41) is 2.94. The number of hydrogen-bond acceptors (Lipinski definition) is 5. The Labute approximate surface area is 119 Å². The summed E-state index contributed by atoms with van der Waals surface area (Å²) < 4.78 is 5.47. The van der Waals surface area contributed by atoms with Crippen molar-refractivity contribution in [1.29, 1.82) is 0 Å². The molecule has 1 aliphatic rings. The molecule has 0 atom stereocenters. The molecule has 0 unspecified atom stereocenters. The Balaban J connectivity index is 1.98. The van der Waals surface area contributed by atoms with Gasteiger partial charge in [0.2, 0.25) is 0 Å². The molecular formula is C14H22N4O2. The number of carbonyl (C=O) groups excluding carboxylic acids is 1. The molecule has 0 bridgehead atoms. The minimum Gasteiger partial charge on any atom is -0.396 e. The van der Waals surface area contributed by atoms with Crippen LogP contribution in [0.1, 0.15) is 55.8 Å². The van der Waals surface area contributed by atoms with E-state index in [4.69, 9.17) is 10.5 Å². The molecular weight excluding hydrogens is 256 g/mol. The maximum atomic E-state index is 12.2. The van der Waals surface area contributed by atoms with Gasteiger partial charge in [-0.3, -0.25) is 4.79 Å². The van der Waals surface area contributed by atoms with Crippen molar-refractivity contribution >= 4 is 11.6 Å². The number of nitrogens with one attached hydrogen (secondary N) is 1. The molecule has 0 aromatic carbocycles. The van der Waals surface area contributed by atoms with Gasteiger partial charge in [-0.15, -0.1) is 0 Å². The molecule has 0 spiro atoms. The molecule has 6 heteroatoms. The van der Waals surface area contributed by atoms with Crippen LogP contribution in [0.2, 0.25) is 0 Å². The summed E-state index contributed by atoms with van der Waals surface area (Å²) in [5.41, 5.74) is 6.37. The molecule has 110 valence electrons. The standard InChI is InChI=1S/C14H22N4O2/c1-4-20-10-5-9(6-10)17-14(19)12-11(15)7-16-13(18-12)8(2)3/h7-10H,4-6,15H2,1-3H3,(H,17,19). The van der Waals surface area contributed by atoms with Gasteiger partial charge < -0.3 is 15.8 Å². The molecule has 0 aliphatic heterocycles. The van der Waals surface area contributed by atoms with E-state index < -0.39 is 0 Å². The van der Waals surface area contributed by atoms with Crippen molar-refractivity contribution in [3.8, 4) is 0 Å². The zero-order valence-electron chi connectivity index (χ0n) is 12.2. The van der Waals surface area contributed by atoms with E-state index in [1.807, 2.05) is 20.8 Å². The summed E-state index contributed by atoms with van der Waals surface area (Å²) in [6.45, 7) is 6.64. The molecule has 1 amide bonds. The molecule has 1 aromatic rings. The first kappa shape index (κ1) is 14.7. The van der Waals surface area contributed by atoms with Crippen molar-refractivity contribution in [3.63, 3.8) is 0 Å². The van der Waals surface area contributed by atoms with Gasteiger partial charge >= 0.3 is 0 Å². The third-order valence-corrected chi connectivity index (χ3v) is 3.40. The third kappa shape index (κ3) is 3.25. The van der Waals surface area contributed by atoms with Crippen LogP contribution in [0.15, 0.2) is 6.20 Å². The molecule has 0 radical (unpaired) electrons. The van der Waals surface area contributed by atoms with Crippen molar-refractivity contribution in [3.05, 3.63) is 17.7 Å². The Bertz CT molecular complexity index is 484. The van der Waals surface area contributed by atoms with Crippen molar-refractivity contribution in [2.75, 3.05) is 12.3 Å². The van der Waals surface area contributed by atoms with Crippen LogP contribution >= 0.6 is 0 Å². The second-order valence-electron chi connectivity index (χ2n) is 5.41. The summed E-state index contributed by atoms with van der Waals surface area (Å²) in [5.74, 6) is 0.560. The van der Waals surface area contributed by atoms with E-state index in [2.05, 4.69) is 15.3 Å². The van der Waals surface area contributed by atoms with Gasteiger partial charge in [-0.05, 0) is 19.8 Å². The smallest absolute Gasteiger partial charge is 0.272 e. The first-order valence-corrected chi connectivity index (χ1v) is 7.06. The van der Waals surface area contributed by atoms with E-state index in [0.29, 0.717) is 18.1 Å². The summed E-state index contributed by atoms with van der Waals surface area (Å²) in [7, 11) is 0. The number of nitrogen functional groups attached to an aromatic ring is 1. The molecule has 1 heterocycles. The second-order valence-corrected chi connectivity index (χ2v) is 5.41. The molecule has 3 N–H and O–H groups in total. The van der Waals surface area contributed by atoms with E-state index >= 15 is 0 Å². The van der Waals surface area contributed by atoms with E-state index in [9.17, 15) is 4.79 Å². The van der Waals surface area contributed by atoms with Gasteiger partial charge in [0, 0.05) is 18.6 Å². The zero-order valence-corrected chi connectivity index (χ0v) is 12.2. The highest BCUT2D eigenvalue weighted by molar-refractivity contribution is 5.97. The Kier molecular flexibility index (Phi) is 4.54. The van der Waals surface area contributed by atoms with Gasteiger partial charge in [0.25, 0.3) is 5.91 Å². The van der Waals surface area contributed by atoms with Crippen LogP contribution in [0.3, 0.4) is 0 Å². The number of anilines is 1. The normalized spacial score (nSPS) is 21.6. The Morgan fingerprint density at radius 3 is 2.85 bits per heavy atom. The number of nitrogens with two attached hydrogens (primary N) is 1. The molecule has 20 heavy (non-hydrogen) atoms. The van der Waals surface area contributed by atoms with E-state index in [-0.39, 0.29) is 29.7 Å². The summed E-state index contributed by atoms with van der Waals surface area (Å²) in [6.07, 6.45) is 3.46. The van der Waals surface area contributed by atoms with Crippen molar-refractivity contribution < 1.29 is 9.53 Å². The fourth-order valence-electron chi connectivity index (χ4n) is 2.17. The lowest BCUT2D eigenvalue weighted by atomic mass is 9.89. The molecule has 1 aromatic heterocycles. The van der Waals surface area contributed by atoms with Crippen LogP contribution in [0.5, 0.6) is 0 Å². The summed E-state index contributed by atoms with van der Waals surface area (Å²) in [6, 6.07) is 0.149. The highest BCUT2D eigenvalue weighted by Gasteiger charge is 2.31. The Hall–Kier alpha value is -1.69. The van der Waals surface area contributed by atoms with E-state index in [1.54, 1.807) is 0 Å². The first-order valence-electron chi connectivity index (χ1n) is 7.06. The van der Waals surface area contributed by atoms with Crippen molar-refractivity contribution in [1.82, 2.24) is 15.3 Å². The molecule has 1 aliphatic carbocycles. The number of amides is 1. The molecule has 0 saturated heterocycles. The zero-order chi connectivity index (χ0) is 14.7. The number of aromatic nitrogens is 2. The lowest BCUT2D eigenvalue weighted by Crippen LogP contribution is -2.48. The highest BCUT2D eigenvalue weighted by atomic mass is 16.5. The monoisotopic (exact) mass is 278 g/mol. The molecule has 2 rings (SSSR count). The van der Waals surface area contributed by atoms with Crippen LogP contribution < -0.4 is 11.1 Å². The van der Waals surface area contributed by atoms with Crippen LogP contribution in [0.4, 0.5) is 5.69 Å². The van der Waals surface area contributed by atoms with Crippen LogP contribution in [-0.2, 0) is 4.74 Å². The van der Waals surface area contributed by atoms with Crippen LogP contribution in [0, 0.1) is 0 Å². The maximum absolute atomic E-state index is 12.2. The molecule has 1 saturated carbocycles. The van der Waals surface area contributed by atoms with E-state index in [0.717, 1.165) is 12.8 Å². The minimum absolute atomic E-state index is 0.149. The predicted molar refractivity (Wildman–Crippen MR) is 76.4 cm³/mol. The number of rotatable bonds is 5. The number of nitrogens with zero attached hydrogens (tertiary/aromatic N) is 2. The van der Waals surface area contributed by atoms with Crippen LogP contribution in [0.25, 0.3) is 0 Å². The first-order chi connectivity index (χ1) is 9.51. The summed E-state index contributed by atoms with van der Waals surface area (Å²) in [4.78, 5) is 20.6. The lowest BCUT2D eigenvalue weighted by Gasteiger charge is -2.35. The average molecular weight is 278 g/mol. The number of ether oxygens (including phenoxy) is 1. The topological polar surface area (TPSA) is 90.1 Å². The fraction of sp³-hybridized carbons (Fsp3) is 0.643. The Morgan fingerprint density at radius 2 is 2.25 bits per heavy atom. The second kappa shape index (κ2) is 6.17. The summed E-state index contributed by atoms with van der Waals surface area (Å²) >= 11 is 0.